The van der Waals surface area contributed by atoms with Gasteiger partial charge in [0, 0.05) is 42.7 Å². The van der Waals surface area contributed by atoms with Gasteiger partial charge in [-0.15, -0.1) is 0 Å². The van der Waals surface area contributed by atoms with E-state index >= 15 is 0 Å². The fourth-order valence-corrected chi connectivity index (χ4v) is 5.97. The van der Waals surface area contributed by atoms with Crippen molar-refractivity contribution in [2.24, 2.45) is 5.92 Å². The Balaban J connectivity index is 1.39. The third-order valence-electron chi connectivity index (χ3n) is 7.59. The minimum Gasteiger partial charge on any atom is -0.385 e. The number of pyridine rings is 1. The summed E-state index contributed by atoms with van der Waals surface area (Å²) in [6.45, 7) is 0.497. The van der Waals surface area contributed by atoms with E-state index < -0.39 is 5.60 Å². The molecule has 172 valence electrons. The minimum atomic E-state index is -0.912. The van der Waals surface area contributed by atoms with Crippen LogP contribution in [0.1, 0.15) is 48.3 Å². The molecule has 2 fully saturated rings. The van der Waals surface area contributed by atoms with Crippen LogP contribution in [-0.4, -0.2) is 47.9 Å². The van der Waals surface area contributed by atoms with Crippen molar-refractivity contribution in [3.8, 4) is 11.3 Å². The lowest BCUT2D eigenvalue weighted by Crippen LogP contribution is -2.59. The van der Waals surface area contributed by atoms with E-state index in [1.165, 1.54) is 6.33 Å². The highest BCUT2D eigenvalue weighted by molar-refractivity contribution is 5.94. The monoisotopic (exact) mass is 453 g/mol. The number of nitrogens with zero attached hydrogens (tertiary/aromatic N) is 5. The normalized spacial score (nSPS) is 24.7. The Morgan fingerprint density at radius 1 is 1.00 bits per heavy atom. The van der Waals surface area contributed by atoms with E-state index in [2.05, 4.69) is 9.97 Å². The van der Waals surface area contributed by atoms with Crippen molar-refractivity contribution in [2.45, 2.75) is 43.7 Å². The molecule has 0 bridgehead atoms. The van der Waals surface area contributed by atoms with Crippen LogP contribution in [0.25, 0.3) is 16.8 Å². The summed E-state index contributed by atoms with van der Waals surface area (Å²) in [7, 11) is 0. The van der Waals surface area contributed by atoms with Crippen molar-refractivity contribution < 1.29 is 9.90 Å². The molecule has 1 amide bonds. The zero-order valence-electron chi connectivity index (χ0n) is 18.9. The number of hydrogen-bond donors (Lipinski definition) is 1. The van der Waals surface area contributed by atoms with Gasteiger partial charge in [0.15, 0.2) is 0 Å². The van der Waals surface area contributed by atoms with Crippen LogP contribution in [0, 0.1) is 5.92 Å². The van der Waals surface area contributed by atoms with Crippen molar-refractivity contribution in [1.82, 2.24) is 24.3 Å². The van der Waals surface area contributed by atoms with Gasteiger partial charge in [0.05, 0.1) is 11.1 Å². The summed E-state index contributed by atoms with van der Waals surface area (Å²) in [5, 5.41) is 11.9. The third-order valence-corrected chi connectivity index (χ3v) is 7.59. The molecule has 1 saturated carbocycles. The summed E-state index contributed by atoms with van der Waals surface area (Å²) < 4.78 is 1.86. The van der Waals surface area contributed by atoms with Crippen LogP contribution in [0.2, 0.25) is 0 Å². The maximum atomic E-state index is 14.0. The quantitative estimate of drug-likeness (QED) is 0.505. The molecule has 2 aliphatic rings. The van der Waals surface area contributed by atoms with E-state index in [0.29, 0.717) is 24.5 Å². The Kier molecular flexibility index (Phi) is 5.14. The smallest absolute Gasteiger partial charge is 0.290 e. The Labute approximate surface area is 198 Å². The van der Waals surface area contributed by atoms with Crippen molar-refractivity contribution in [1.29, 1.82) is 0 Å². The van der Waals surface area contributed by atoms with Crippen molar-refractivity contribution in [2.75, 3.05) is 6.54 Å². The van der Waals surface area contributed by atoms with Crippen LogP contribution < -0.4 is 0 Å². The van der Waals surface area contributed by atoms with Gasteiger partial charge in [0.2, 0.25) is 5.82 Å². The zero-order chi connectivity index (χ0) is 23.1. The molecule has 1 aliphatic heterocycles. The van der Waals surface area contributed by atoms with Crippen LogP contribution in [0.5, 0.6) is 0 Å². The van der Waals surface area contributed by atoms with Crippen LogP contribution >= 0.6 is 0 Å². The van der Waals surface area contributed by atoms with E-state index in [4.69, 9.17) is 4.98 Å². The molecule has 4 heterocycles. The standard InChI is InChI=1S/C27H27N5O2/c33-26(25-30-24(19-16-28-18-29-17-19)23-12-6-7-14-31(23)25)32-15-13-27(34,20-8-2-1-3-9-20)21-10-4-5-11-22(21)32/h1-3,6-9,12,14,16-18,21-22,34H,4-5,10-11,13,15H2/t21-,22+,27-/m0/s1. The van der Waals surface area contributed by atoms with E-state index in [9.17, 15) is 9.90 Å². The van der Waals surface area contributed by atoms with Gasteiger partial charge in [-0.25, -0.2) is 15.0 Å². The van der Waals surface area contributed by atoms with Gasteiger partial charge in [-0.2, -0.15) is 0 Å². The van der Waals surface area contributed by atoms with E-state index in [-0.39, 0.29) is 17.9 Å². The molecule has 4 aromatic rings. The van der Waals surface area contributed by atoms with Gasteiger partial charge in [0.25, 0.3) is 5.91 Å². The fraction of sp³-hybridized carbons (Fsp3) is 0.333. The van der Waals surface area contributed by atoms with Crippen molar-refractivity contribution >= 4 is 11.4 Å². The first-order chi connectivity index (χ1) is 16.7. The van der Waals surface area contributed by atoms with E-state index in [1.54, 1.807) is 12.4 Å². The van der Waals surface area contributed by atoms with Gasteiger partial charge in [-0.05, 0) is 37.0 Å². The number of fused-ring (bicyclic) bond motifs is 2. The van der Waals surface area contributed by atoms with Gasteiger partial charge in [-0.1, -0.05) is 49.2 Å². The summed E-state index contributed by atoms with van der Waals surface area (Å²) in [6.07, 6.45) is 11.3. The van der Waals surface area contributed by atoms with Crippen LogP contribution in [-0.2, 0) is 5.60 Å². The molecular weight excluding hydrogens is 426 g/mol. The molecule has 1 aromatic carbocycles. The highest BCUT2D eigenvalue weighted by Gasteiger charge is 2.50. The molecule has 0 unspecified atom stereocenters. The van der Waals surface area contributed by atoms with Gasteiger partial charge in [0.1, 0.15) is 12.0 Å². The molecule has 1 aliphatic carbocycles. The van der Waals surface area contributed by atoms with Crippen LogP contribution in [0.3, 0.4) is 0 Å². The Hall–Kier alpha value is -3.58. The Morgan fingerprint density at radius 2 is 1.76 bits per heavy atom. The lowest BCUT2D eigenvalue weighted by atomic mass is 9.66. The Morgan fingerprint density at radius 3 is 2.59 bits per heavy atom. The van der Waals surface area contributed by atoms with Crippen LogP contribution in [0.4, 0.5) is 0 Å². The average Bonchev–Trinajstić information content (AvgIpc) is 3.30. The van der Waals surface area contributed by atoms with Gasteiger partial charge >= 0.3 is 0 Å². The summed E-state index contributed by atoms with van der Waals surface area (Å²) in [5.41, 5.74) is 2.36. The summed E-state index contributed by atoms with van der Waals surface area (Å²) in [4.78, 5) is 29.0. The largest absolute Gasteiger partial charge is 0.385 e. The second-order valence-corrected chi connectivity index (χ2v) is 9.36. The highest BCUT2D eigenvalue weighted by Crippen LogP contribution is 2.47. The SMILES string of the molecule is O=C(c1nc(-c2cncnc2)c2ccccn12)N1CC[C@](O)(c2ccccc2)[C@H]2CCCC[C@H]21. The molecule has 0 radical (unpaired) electrons. The number of benzene rings is 1. The molecule has 1 N–H and O–H groups in total. The topological polar surface area (TPSA) is 83.6 Å². The molecule has 3 aromatic heterocycles. The number of amides is 1. The average molecular weight is 454 g/mol. The second kappa shape index (κ2) is 8.33. The fourth-order valence-electron chi connectivity index (χ4n) is 5.97. The molecule has 1 saturated heterocycles. The molecule has 34 heavy (non-hydrogen) atoms. The summed E-state index contributed by atoms with van der Waals surface area (Å²) in [6, 6.07) is 15.8. The van der Waals surface area contributed by atoms with Gasteiger partial charge < -0.3 is 10.0 Å². The lowest BCUT2D eigenvalue weighted by molar-refractivity contribution is -0.110. The highest BCUT2D eigenvalue weighted by atomic mass is 16.3. The Bertz CT molecular complexity index is 1320. The number of aromatic nitrogens is 4. The summed E-state index contributed by atoms with van der Waals surface area (Å²) >= 11 is 0. The molecule has 7 nitrogen and oxygen atoms in total. The first-order valence-electron chi connectivity index (χ1n) is 12.0. The number of piperidine rings is 1. The number of imidazole rings is 1. The predicted octanol–water partition coefficient (Wildman–Crippen LogP) is 4.08. The number of hydrogen-bond acceptors (Lipinski definition) is 5. The van der Waals surface area contributed by atoms with Crippen molar-refractivity contribution in [3.05, 3.63) is 84.8 Å². The molecule has 7 heteroatoms. The van der Waals surface area contributed by atoms with Gasteiger partial charge in [-0.3, -0.25) is 9.20 Å². The molecule has 3 atom stereocenters. The molecule has 0 spiro atoms. The van der Waals surface area contributed by atoms with E-state index in [1.807, 2.05) is 64.0 Å². The minimum absolute atomic E-state index is 0.00886. The van der Waals surface area contributed by atoms with Crippen molar-refractivity contribution in [3.63, 3.8) is 0 Å². The first kappa shape index (κ1) is 21.0. The maximum Gasteiger partial charge on any atom is 0.290 e. The number of aliphatic hydroxyl groups is 1. The number of carbonyl (C=O) groups is 1. The lowest BCUT2D eigenvalue weighted by Gasteiger charge is -2.52. The van der Waals surface area contributed by atoms with Crippen LogP contribution in [0.15, 0.2) is 73.4 Å². The first-order valence-corrected chi connectivity index (χ1v) is 12.0. The van der Waals surface area contributed by atoms with E-state index in [0.717, 1.165) is 42.3 Å². The predicted molar refractivity (Wildman–Crippen MR) is 128 cm³/mol. The zero-order valence-corrected chi connectivity index (χ0v) is 18.9. The summed E-state index contributed by atoms with van der Waals surface area (Å²) in [5.74, 6) is 0.315. The molecular formula is C27H27N5O2. The number of likely N-dealkylation sites (tertiary alicyclic amines) is 1. The third kappa shape index (κ3) is 3.30. The maximum absolute atomic E-state index is 14.0. The second-order valence-electron chi connectivity index (χ2n) is 9.36. The number of rotatable bonds is 3. The number of carbonyl (C=O) groups excluding carboxylic acids is 1. The molecule has 6 rings (SSSR count).